The lowest BCUT2D eigenvalue weighted by atomic mass is 10.1. The Balaban J connectivity index is 1.83. The zero-order valence-electron chi connectivity index (χ0n) is 16.9. The molecule has 0 atom stereocenters. The van der Waals surface area contributed by atoms with E-state index >= 15 is 0 Å². The molecular weight excluding hydrogens is 347 g/mol. The molecule has 0 aliphatic heterocycles. The molecule has 0 heterocycles. The number of hydrogen-bond acceptors (Lipinski definition) is 3. The monoisotopic (exact) mass is 374 g/mol. The van der Waals surface area contributed by atoms with Crippen molar-refractivity contribution in [3.05, 3.63) is 89.5 Å². The Labute approximate surface area is 168 Å². The molecule has 0 amide bonds. The Morgan fingerprint density at radius 2 is 0.857 bits per heavy atom. The van der Waals surface area contributed by atoms with E-state index in [1.807, 2.05) is 54.6 Å². The molecule has 0 radical (unpaired) electrons. The molecule has 3 aromatic rings. The molecule has 0 bridgehead atoms. The summed E-state index contributed by atoms with van der Waals surface area (Å²) in [4.78, 5) is 0. The average Bonchev–Trinajstić information content (AvgIpc) is 2.74. The van der Waals surface area contributed by atoms with Crippen LogP contribution in [0.5, 0.6) is 17.2 Å². The summed E-state index contributed by atoms with van der Waals surface area (Å²) in [5.74, 6) is 2.17. The molecule has 0 unspecified atom stereocenters. The summed E-state index contributed by atoms with van der Waals surface area (Å²) in [5.41, 5.74) is 3.62. The van der Waals surface area contributed by atoms with Crippen LogP contribution in [0.2, 0.25) is 0 Å². The van der Waals surface area contributed by atoms with Gasteiger partial charge in [-0.05, 0) is 72.4 Å². The largest absolute Gasteiger partial charge is 0.864 e. The van der Waals surface area contributed by atoms with Gasteiger partial charge in [0.15, 0.2) is 0 Å². The van der Waals surface area contributed by atoms with E-state index in [9.17, 15) is 0 Å². The Morgan fingerprint density at radius 1 is 0.536 bits per heavy atom. The first kappa shape index (κ1) is 19.9. The van der Waals surface area contributed by atoms with Crippen LogP contribution in [-0.4, -0.2) is 7.32 Å². The normalized spacial score (nSPS) is 10.4. The minimum absolute atomic E-state index is 0.725. The van der Waals surface area contributed by atoms with Gasteiger partial charge in [0.25, 0.3) is 0 Å². The molecule has 0 saturated heterocycles. The molecular formula is C24H27BO3. The lowest BCUT2D eigenvalue weighted by molar-refractivity contribution is 0.307. The maximum absolute atomic E-state index is 6.07. The topological polar surface area (TPSA) is 27.7 Å². The van der Waals surface area contributed by atoms with Gasteiger partial charge in [-0.1, -0.05) is 57.2 Å². The summed E-state index contributed by atoms with van der Waals surface area (Å²) < 4.78 is 18.2. The summed E-state index contributed by atoms with van der Waals surface area (Å²) in [6.45, 7) is 6.36. The maximum atomic E-state index is 6.07. The Bertz CT molecular complexity index is 777. The van der Waals surface area contributed by atoms with Crippen molar-refractivity contribution in [2.24, 2.45) is 0 Å². The smallest absolute Gasteiger partial charge is 0.490 e. The molecule has 3 nitrogen and oxygen atoms in total. The van der Waals surface area contributed by atoms with Gasteiger partial charge < -0.3 is 14.0 Å². The van der Waals surface area contributed by atoms with Gasteiger partial charge in [0.05, 0.1) is 0 Å². The third-order valence-corrected chi connectivity index (χ3v) is 4.62. The second-order valence-electron chi connectivity index (χ2n) is 6.65. The minimum Gasteiger partial charge on any atom is -0.490 e. The Hall–Kier alpha value is -2.88. The van der Waals surface area contributed by atoms with Crippen LogP contribution in [-0.2, 0) is 19.3 Å². The molecule has 28 heavy (non-hydrogen) atoms. The summed E-state index contributed by atoms with van der Waals surface area (Å²) in [7, 11) is -0.883. The third-order valence-electron chi connectivity index (χ3n) is 4.62. The summed E-state index contributed by atoms with van der Waals surface area (Å²) in [6, 6.07) is 24.0. The van der Waals surface area contributed by atoms with Crippen LogP contribution in [0.25, 0.3) is 0 Å². The molecule has 0 saturated carbocycles. The first-order valence-electron chi connectivity index (χ1n) is 9.97. The fourth-order valence-corrected chi connectivity index (χ4v) is 2.92. The number of benzene rings is 3. The van der Waals surface area contributed by atoms with Crippen molar-refractivity contribution in [2.45, 2.75) is 40.0 Å². The zero-order chi connectivity index (χ0) is 19.8. The van der Waals surface area contributed by atoms with Crippen molar-refractivity contribution in [3.63, 3.8) is 0 Å². The second-order valence-corrected chi connectivity index (χ2v) is 6.65. The zero-order valence-corrected chi connectivity index (χ0v) is 16.9. The van der Waals surface area contributed by atoms with Crippen molar-refractivity contribution in [2.75, 3.05) is 0 Å². The van der Waals surface area contributed by atoms with Crippen molar-refractivity contribution in [1.29, 1.82) is 0 Å². The lowest BCUT2D eigenvalue weighted by Crippen LogP contribution is -2.37. The van der Waals surface area contributed by atoms with E-state index in [2.05, 4.69) is 39.0 Å². The van der Waals surface area contributed by atoms with Gasteiger partial charge in [-0.2, -0.15) is 0 Å². The van der Waals surface area contributed by atoms with Gasteiger partial charge in [-0.25, -0.2) is 0 Å². The first-order valence-corrected chi connectivity index (χ1v) is 9.97. The van der Waals surface area contributed by atoms with Crippen LogP contribution in [0.3, 0.4) is 0 Å². The first-order chi connectivity index (χ1) is 13.7. The number of rotatable bonds is 9. The van der Waals surface area contributed by atoms with Crippen LogP contribution in [0.15, 0.2) is 72.8 Å². The minimum atomic E-state index is -0.883. The summed E-state index contributed by atoms with van der Waals surface area (Å²) in [6.07, 6.45) is 2.84. The standard InChI is InChI=1S/C24H27BO3/c1-4-19-10-7-13-22(16-19)26-25(27-23-14-8-11-20(5-2)17-23)28-24-15-9-12-21(6-3)18-24/h7-18H,4-6H2,1-3H3. The second kappa shape index (κ2) is 9.89. The molecule has 0 aliphatic rings. The van der Waals surface area contributed by atoms with E-state index in [1.165, 1.54) is 16.7 Å². The predicted molar refractivity (Wildman–Crippen MR) is 115 cm³/mol. The highest BCUT2D eigenvalue weighted by Crippen LogP contribution is 2.21. The van der Waals surface area contributed by atoms with E-state index in [1.54, 1.807) is 0 Å². The highest BCUT2D eigenvalue weighted by Gasteiger charge is 2.30. The average molecular weight is 374 g/mol. The van der Waals surface area contributed by atoms with Crippen molar-refractivity contribution in [3.8, 4) is 17.2 Å². The van der Waals surface area contributed by atoms with Crippen LogP contribution >= 0.6 is 0 Å². The lowest BCUT2D eigenvalue weighted by Gasteiger charge is -2.17. The van der Waals surface area contributed by atoms with Gasteiger partial charge in [0.1, 0.15) is 17.2 Å². The summed E-state index contributed by atoms with van der Waals surface area (Å²) >= 11 is 0. The third kappa shape index (κ3) is 5.56. The fourth-order valence-electron chi connectivity index (χ4n) is 2.92. The van der Waals surface area contributed by atoms with Crippen molar-refractivity contribution >= 4 is 7.32 Å². The van der Waals surface area contributed by atoms with Crippen molar-refractivity contribution in [1.82, 2.24) is 0 Å². The number of aryl methyl sites for hydroxylation is 3. The van der Waals surface area contributed by atoms with Crippen molar-refractivity contribution < 1.29 is 14.0 Å². The quantitative estimate of drug-likeness (QED) is 0.437. The van der Waals surface area contributed by atoms with Crippen LogP contribution < -0.4 is 14.0 Å². The highest BCUT2D eigenvalue weighted by molar-refractivity contribution is 6.39. The van der Waals surface area contributed by atoms with E-state index in [-0.39, 0.29) is 0 Å². The summed E-state index contributed by atoms with van der Waals surface area (Å²) in [5, 5.41) is 0. The molecule has 0 spiro atoms. The van der Waals surface area contributed by atoms with Crippen LogP contribution in [0, 0.1) is 0 Å². The molecule has 4 heteroatoms. The molecule has 3 aromatic carbocycles. The van der Waals surface area contributed by atoms with Gasteiger partial charge in [-0.3, -0.25) is 0 Å². The molecule has 0 fully saturated rings. The highest BCUT2D eigenvalue weighted by atomic mass is 16.7. The molecule has 0 N–H and O–H groups in total. The van der Waals surface area contributed by atoms with E-state index in [4.69, 9.17) is 14.0 Å². The molecule has 3 rings (SSSR count). The van der Waals surface area contributed by atoms with Gasteiger partial charge in [0.2, 0.25) is 0 Å². The predicted octanol–water partition coefficient (Wildman–Crippen LogP) is 5.90. The fraction of sp³-hybridized carbons (Fsp3) is 0.250. The number of hydrogen-bond donors (Lipinski definition) is 0. The van der Waals surface area contributed by atoms with Gasteiger partial charge in [0, 0.05) is 0 Å². The van der Waals surface area contributed by atoms with Gasteiger partial charge >= 0.3 is 7.32 Å². The molecule has 0 aromatic heterocycles. The van der Waals surface area contributed by atoms with E-state index in [0.29, 0.717) is 0 Å². The Kier molecular flexibility index (Phi) is 7.02. The van der Waals surface area contributed by atoms with E-state index in [0.717, 1.165) is 36.5 Å². The molecule has 0 aliphatic carbocycles. The van der Waals surface area contributed by atoms with Crippen LogP contribution in [0.4, 0.5) is 0 Å². The van der Waals surface area contributed by atoms with Gasteiger partial charge in [-0.15, -0.1) is 0 Å². The Morgan fingerprint density at radius 3 is 1.14 bits per heavy atom. The SMILES string of the molecule is CCc1cccc(OB(Oc2cccc(CC)c2)Oc2cccc(CC)c2)c1. The van der Waals surface area contributed by atoms with E-state index < -0.39 is 7.32 Å². The maximum Gasteiger partial charge on any atom is 0.864 e. The van der Waals surface area contributed by atoms with Crippen LogP contribution in [0.1, 0.15) is 37.5 Å². The molecule has 144 valence electrons.